The van der Waals surface area contributed by atoms with Crippen molar-refractivity contribution in [3.63, 3.8) is 0 Å². The van der Waals surface area contributed by atoms with Crippen LogP contribution in [0.4, 0.5) is 0 Å². The van der Waals surface area contributed by atoms with E-state index in [1.165, 1.54) is 0 Å². The summed E-state index contributed by atoms with van der Waals surface area (Å²) in [6.45, 7) is 5.05. The van der Waals surface area contributed by atoms with Crippen LogP contribution < -0.4 is 0 Å². The van der Waals surface area contributed by atoms with E-state index in [2.05, 4.69) is 67.4 Å². The monoisotopic (exact) mass is 396 g/mol. The van der Waals surface area contributed by atoms with Crippen molar-refractivity contribution in [2.24, 2.45) is 0 Å². The van der Waals surface area contributed by atoms with Gasteiger partial charge < -0.3 is 0 Å². The first-order chi connectivity index (χ1) is 6.25. The van der Waals surface area contributed by atoms with Gasteiger partial charge in [0.15, 0.2) is 0 Å². The van der Waals surface area contributed by atoms with Gasteiger partial charge in [-0.25, -0.2) is 0 Å². The Morgan fingerprint density at radius 1 is 0.929 bits per heavy atom. The summed E-state index contributed by atoms with van der Waals surface area (Å²) < 4.78 is 0. The first-order valence-electron chi connectivity index (χ1n) is 3.65. The molecule has 0 spiro atoms. The summed E-state index contributed by atoms with van der Waals surface area (Å²) in [6.07, 6.45) is 0. The fourth-order valence-electron chi connectivity index (χ4n) is 0.887. The molecule has 9 unspecified atom stereocenters. The van der Waals surface area contributed by atoms with E-state index in [9.17, 15) is 0 Å². The van der Waals surface area contributed by atoms with E-state index >= 15 is 0 Å². The van der Waals surface area contributed by atoms with Crippen LogP contribution in [0.2, 0.25) is 0 Å². The van der Waals surface area contributed by atoms with Gasteiger partial charge in [0.2, 0.25) is 0 Å². The topological polar surface area (TPSA) is 0 Å². The van der Waals surface area contributed by atoms with Gasteiger partial charge in [0, 0.05) is 4.90 Å². The molecule has 0 radical (unpaired) electrons. The Morgan fingerprint density at radius 3 is 1.57 bits per heavy atom. The molecule has 0 rings (SSSR count). The molecule has 0 amide bonds. The van der Waals surface area contributed by atoms with Crippen LogP contribution in [-0.4, -0.2) is 4.90 Å². The molecule has 0 nitrogen and oxygen atoms in total. The fraction of sp³-hybridized carbons (Fsp3) is 1.00. The minimum atomic E-state index is 0.0517. The van der Waals surface area contributed by atoms with E-state index < -0.39 is 0 Å². The van der Waals surface area contributed by atoms with E-state index in [0.717, 1.165) is 7.96 Å². The molecule has 0 saturated carbocycles. The smallest absolute Gasteiger partial charge is 0.0212 e. The standard InChI is InChI=1S/C3H19P11/c1-3(2,11(5)13(6)7)12(10-4)14(8)9/h10H,4-9H2,1-2H3. The maximum absolute atomic E-state index is 3.12. The highest BCUT2D eigenvalue weighted by Crippen LogP contribution is 3.02. The van der Waals surface area contributed by atoms with E-state index in [4.69, 9.17) is 0 Å². The average molecular weight is 396 g/mol. The summed E-state index contributed by atoms with van der Waals surface area (Å²) in [4.78, 5) is 0.528. The summed E-state index contributed by atoms with van der Waals surface area (Å²) in [5, 5.41) is 0. The van der Waals surface area contributed by atoms with E-state index in [1.54, 1.807) is 0 Å². The van der Waals surface area contributed by atoms with Crippen LogP contribution in [0.3, 0.4) is 0 Å². The normalized spacial score (nSPS) is 18.4. The molecule has 0 bridgehead atoms. The van der Waals surface area contributed by atoms with Crippen LogP contribution in [0.15, 0.2) is 0 Å². The second kappa shape index (κ2) is 8.81. The Kier molecular flexibility index (Phi) is 11.8. The van der Waals surface area contributed by atoms with Gasteiger partial charge in [-0.05, 0) is 28.6 Å². The van der Waals surface area contributed by atoms with Crippen molar-refractivity contribution in [1.82, 2.24) is 0 Å². The third-order valence-electron chi connectivity index (χ3n) is 1.68. The van der Waals surface area contributed by atoms with Gasteiger partial charge in [0.05, 0.1) is 0 Å². The highest BCUT2D eigenvalue weighted by molar-refractivity contribution is 8.91. The van der Waals surface area contributed by atoms with Crippen LogP contribution >= 0.6 is 90.1 Å². The molecule has 86 valence electrons. The van der Waals surface area contributed by atoms with Crippen molar-refractivity contribution in [2.75, 3.05) is 0 Å². The summed E-state index contributed by atoms with van der Waals surface area (Å²) >= 11 is 0. The molecule has 0 aliphatic heterocycles. The van der Waals surface area contributed by atoms with Crippen LogP contribution in [0.5, 0.6) is 0 Å². The molecule has 0 aliphatic carbocycles. The minimum Gasteiger partial charge on any atom is -0.110 e. The summed E-state index contributed by atoms with van der Waals surface area (Å²) in [7, 11) is 19.4. The van der Waals surface area contributed by atoms with Crippen molar-refractivity contribution < 1.29 is 0 Å². The van der Waals surface area contributed by atoms with Gasteiger partial charge in [-0.3, -0.25) is 0 Å². The van der Waals surface area contributed by atoms with Crippen LogP contribution in [0, 0.1) is 0 Å². The quantitative estimate of drug-likeness (QED) is 0.448. The highest BCUT2D eigenvalue weighted by atomic mass is 32.9. The lowest BCUT2D eigenvalue weighted by atomic mass is 10.5. The van der Waals surface area contributed by atoms with Crippen LogP contribution in [0.25, 0.3) is 0 Å². The van der Waals surface area contributed by atoms with Crippen LogP contribution in [-0.2, 0) is 0 Å². The molecule has 0 aromatic carbocycles. The molecule has 14 heavy (non-hydrogen) atoms. The zero-order valence-electron chi connectivity index (χ0n) is 8.25. The molecule has 0 fully saturated rings. The Labute approximate surface area is 108 Å². The molecule has 11 heteroatoms. The maximum atomic E-state index is 3.12. The van der Waals surface area contributed by atoms with Crippen molar-refractivity contribution in [1.29, 1.82) is 0 Å². The first kappa shape index (κ1) is 18.7. The highest BCUT2D eigenvalue weighted by Gasteiger charge is 2.37. The van der Waals surface area contributed by atoms with Gasteiger partial charge in [0.25, 0.3) is 0 Å². The second-order valence-corrected chi connectivity index (χ2v) is 37.9. The fourth-order valence-corrected chi connectivity index (χ4v) is 50.7. The molecule has 0 aromatic rings. The summed E-state index contributed by atoms with van der Waals surface area (Å²) in [5.74, 6) is 0. The van der Waals surface area contributed by atoms with Gasteiger partial charge in [-0.1, -0.05) is 21.8 Å². The molecule has 0 saturated heterocycles. The average Bonchev–Trinajstić information content (AvgIpc) is 2.02. The lowest BCUT2D eigenvalue weighted by molar-refractivity contribution is 1.02. The Hall–Kier alpha value is 4.73. The molecule has 0 aromatic heterocycles. The van der Waals surface area contributed by atoms with Gasteiger partial charge >= 0.3 is 0 Å². The largest absolute Gasteiger partial charge is 0.110 e. The Morgan fingerprint density at radius 2 is 1.36 bits per heavy atom. The van der Waals surface area contributed by atoms with Gasteiger partial charge in [-0.15, -0.1) is 53.6 Å². The Bertz CT molecular complexity index is 164. The van der Waals surface area contributed by atoms with E-state index in [1.807, 2.05) is 0 Å². The molecule has 0 heterocycles. The zero-order valence-corrected chi connectivity index (χ0v) is 19.8. The molecule has 0 N–H and O–H groups in total. The SMILES string of the molecule is CC(C)(P(P)P(P)P)P(PP)P(P)P. The van der Waals surface area contributed by atoms with Crippen LogP contribution in [0.1, 0.15) is 13.8 Å². The lowest BCUT2D eigenvalue weighted by Gasteiger charge is -2.42. The third-order valence-corrected chi connectivity index (χ3v) is 46.1. The molecule has 0 aliphatic rings. The summed E-state index contributed by atoms with van der Waals surface area (Å²) in [5.41, 5.74) is 0. The van der Waals surface area contributed by atoms with Gasteiger partial charge in [0.1, 0.15) is 0 Å². The molecular formula is C3H19P11. The summed E-state index contributed by atoms with van der Waals surface area (Å²) in [6, 6.07) is 0. The maximum Gasteiger partial charge on any atom is 0.0212 e. The van der Waals surface area contributed by atoms with Crippen molar-refractivity contribution >= 4 is 90.1 Å². The first-order valence-corrected chi connectivity index (χ1v) is 22.2. The second-order valence-electron chi connectivity index (χ2n) is 3.04. The molecule has 9 atom stereocenters. The molecular weight excluding hydrogens is 377 g/mol. The number of hydrogen-bond donors (Lipinski definition) is 0. The lowest BCUT2D eigenvalue weighted by Crippen LogP contribution is -2.06. The zero-order chi connectivity index (χ0) is 11.5. The Balaban J connectivity index is 4.71. The number of rotatable bonds is 5. The van der Waals surface area contributed by atoms with Crippen molar-refractivity contribution in [3.05, 3.63) is 0 Å². The predicted molar refractivity (Wildman–Crippen MR) is 108 cm³/mol. The number of hydrogen-bond acceptors (Lipinski definition) is 0. The predicted octanol–water partition coefficient (Wildman–Crippen LogP) is 6.81. The van der Waals surface area contributed by atoms with Crippen molar-refractivity contribution in [2.45, 2.75) is 18.7 Å². The van der Waals surface area contributed by atoms with E-state index in [-0.39, 0.29) is 28.6 Å². The minimum absolute atomic E-state index is 0.0517. The van der Waals surface area contributed by atoms with E-state index in [0.29, 0.717) is 4.90 Å². The third kappa shape index (κ3) is 5.79. The van der Waals surface area contributed by atoms with Crippen molar-refractivity contribution in [3.8, 4) is 0 Å². The van der Waals surface area contributed by atoms with Gasteiger partial charge in [-0.2, -0.15) is 0 Å².